The molecule has 0 saturated carbocycles. The molecule has 0 spiro atoms. The molecule has 1 aromatic rings. The quantitative estimate of drug-likeness (QED) is 0.758. The third-order valence-corrected chi connectivity index (χ3v) is 3.68. The van der Waals surface area contributed by atoms with Crippen molar-refractivity contribution in [3.8, 4) is 0 Å². The molecule has 0 aliphatic carbocycles. The molecule has 0 saturated heterocycles. The number of rotatable bonds is 4. The monoisotopic (exact) mass is 239 g/mol. The molecule has 0 fully saturated rings. The smallest absolute Gasteiger partial charge is 0.199 e. The highest BCUT2D eigenvalue weighted by molar-refractivity contribution is 7.90. The van der Waals surface area contributed by atoms with Gasteiger partial charge < -0.3 is 0 Å². The van der Waals surface area contributed by atoms with Gasteiger partial charge in [0.2, 0.25) is 0 Å². The maximum absolute atomic E-state index is 11.8. The van der Waals surface area contributed by atoms with E-state index >= 15 is 0 Å². The Labute approximate surface area is 97.3 Å². The van der Waals surface area contributed by atoms with E-state index in [4.69, 9.17) is 0 Å². The van der Waals surface area contributed by atoms with E-state index in [0.29, 0.717) is 11.3 Å². The average Bonchev–Trinajstić information content (AvgIpc) is 2.17. The second-order valence-electron chi connectivity index (χ2n) is 3.82. The van der Waals surface area contributed by atoms with Crippen LogP contribution >= 0.6 is 0 Å². The molecule has 0 aromatic heterocycles. The molecule has 0 N–H and O–H groups in total. The third kappa shape index (κ3) is 3.17. The molecule has 4 heteroatoms. The summed E-state index contributed by atoms with van der Waals surface area (Å²) in [7, 11) is -3.51. The van der Waals surface area contributed by atoms with Crippen LogP contribution in [0.5, 0.6) is 0 Å². The highest BCUT2D eigenvalue weighted by Crippen LogP contribution is 2.18. The van der Waals surface area contributed by atoms with Crippen molar-refractivity contribution in [3.05, 3.63) is 29.3 Å². The summed E-state index contributed by atoms with van der Waals surface area (Å²) >= 11 is 0. The molecule has 0 aliphatic rings. The van der Waals surface area contributed by atoms with Crippen LogP contribution < -0.4 is 0 Å². The second-order valence-corrected chi connectivity index (χ2v) is 5.42. The summed E-state index contributed by atoms with van der Waals surface area (Å²) in [6, 6.07) is 5.25. The lowest BCUT2D eigenvalue weighted by Gasteiger charge is -2.04. The molecule has 0 amide bonds. The minimum atomic E-state index is -3.51. The Bertz CT molecular complexity index is 490. The molecule has 1 rings (SSSR count). The van der Waals surface area contributed by atoms with Gasteiger partial charge in [0.05, 0.1) is 4.90 Å². The highest BCUT2D eigenvalue weighted by Gasteiger charge is 2.14. The van der Waals surface area contributed by atoms with Crippen molar-refractivity contribution < 1.29 is 8.42 Å². The van der Waals surface area contributed by atoms with Crippen LogP contribution in [0.4, 0.5) is 0 Å². The fourth-order valence-electron chi connectivity index (χ4n) is 1.43. The van der Waals surface area contributed by atoms with E-state index in [-0.39, 0.29) is 0 Å². The largest absolute Gasteiger partial charge is 0.282 e. The lowest BCUT2D eigenvalue weighted by molar-refractivity contribution is 0.597. The molecule has 0 unspecified atom stereocenters. The maximum Gasteiger partial charge on any atom is 0.282 e. The predicted molar refractivity (Wildman–Crippen MR) is 66.5 cm³/mol. The minimum absolute atomic E-state index is 0.297. The van der Waals surface area contributed by atoms with Gasteiger partial charge in [-0.15, -0.1) is 0 Å². The van der Waals surface area contributed by atoms with Gasteiger partial charge in [-0.2, -0.15) is 12.8 Å². The van der Waals surface area contributed by atoms with Crippen molar-refractivity contribution >= 4 is 16.2 Å². The van der Waals surface area contributed by atoms with E-state index in [1.54, 1.807) is 19.1 Å². The van der Waals surface area contributed by atoms with E-state index < -0.39 is 10.0 Å². The van der Waals surface area contributed by atoms with Crippen molar-refractivity contribution in [1.82, 2.24) is 0 Å². The van der Waals surface area contributed by atoms with Crippen LogP contribution in [0, 0.1) is 13.8 Å². The van der Waals surface area contributed by atoms with Gasteiger partial charge in [0.1, 0.15) is 0 Å². The first-order valence-electron chi connectivity index (χ1n) is 5.33. The Morgan fingerprint density at radius 2 is 2.00 bits per heavy atom. The van der Waals surface area contributed by atoms with Crippen LogP contribution in [-0.2, 0) is 10.0 Å². The molecule has 16 heavy (non-hydrogen) atoms. The van der Waals surface area contributed by atoms with Crippen molar-refractivity contribution in [1.29, 1.82) is 0 Å². The number of hydrogen-bond donors (Lipinski definition) is 0. The molecule has 0 heterocycles. The second kappa shape index (κ2) is 5.25. The lowest BCUT2D eigenvalue weighted by Crippen LogP contribution is -2.00. The molecule has 88 valence electrons. The van der Waals surface area contributed by atoms with Crippen LogP contribution in [0.25, 0.3) is 0 Å². The highest BCUT2D eigenvalue weighted by atomic mass is 32.2. The Morgan fingerprint density at radius 1 is 1.31 bits per heavy atom. The summed E-state index contributed by atoms with van der Waals surface area (Å²) in [6.07, 6.45) is 3.05. The van der Waals surface area contributed by atoms with E-state index in [1.165, 1.54) is 6.21 Å². The predicted octanol–water partition coefficient (Wildman–Crippen LogP) is 2.86. The Kier molecular flexibility index (Phi) is 4.24. The van der Waals surface area contributed by atoms with Gasteiger partial charge in [-0.1, -0.05) is 31.0 Å². The van der Waals surface area contributed by atoms with Crippen LogP contribution in [-0.4, -0.2) is 14.6 Å². The first-order chi connectivity index (χ1) is 7.47. The summed E-state index contributed by atoms with van der Waals surface area (Å²) in [4.78, 5) is 0.297. The van der Waals surface area contributed by atoms with E-state index in [2.05, 4.69) is 4.40 Å². The minimum Gasteiger partial charge on any atom is -0.199 e. The number of nitrogens with zero attached hydrogens (tertiary/aromatic N) is 1. The van der Waals surface area contributed by atoms with E-state index in [1.807, 2.05) is 19.9 Å². The van der Waals surface area contributed by atoms with Crippen molar-refractivity contribution in [2.75, 3.05) is 0 Å². The molecule has 3 nitrogen and oxygen atoms in total. The Morgan fingerprint density at radius 3 is 2.56 bits per heavy atom. The molecular weight excluding hydrogens is 222 g/mol. The van der Waals surface area contributed by atoms with Gasteiger partial charge >= 0.3 is 0 Å². The van der Waals surface area contributed by atoms with Gasteiger partial charge in [-0.25, -0.2) is 0 Å². The standard InChI is InChI=1S/C12H17NO2S/c1-4-5-8-13-16(14,15)12-7-6-10(2)9-11(12)3/h6-9H,4-5H2,1-3H3/b13-8+. The zero-order chi connectivity index (χ0) is 12.2. The Hall–Kier alpha value is -1.16. The van der Waals surface area contributed by atoms with Gasteiger partial charge in [-0.05, 0) is 31.9 Å². The van der Waals surface area contributed by atoms with Gasteiger partial charge in [0.25, 0.3) is 10.0 Å². The number of hydrogen-bond acceptors (Lipinski definition) is 2. The number of unbranched alkanes of at least 4 members (excludes halogenated alkanes) is 1. The summed E-state index contributed by atoms with van der Waals surface area (Å²) in [6.45, 7) is 5.70. The van der Waals surface area contributed by atoms with Crippen molar-refractivity contribution in [3.63, 3.8) is 0 Å². The van der Waals surface area contributed by atoms with Gasteiger partial charge in [0.15, 0.2) is 0 Å². The fourth-order valence-corrected chi connectivity index (χ4v) is 2.55. The molecular formula is C12H17NO2S. The maximum atomic E-state index is 11.8. The van der Waals surface area contributed by atoms with Crippen LogP contribution in [0.15, 0.2) is 27.5 Å². The zero-order valence-electron chi connectivity index (χ0n) is 9.90. The normalized spacial score (nSPS) is 12.2. The van der Waals surface area contributed by atoms with Crippen LogP contribution in [0.1, 0.15) is 30.9 Å². The average molecular weight is 239 g/mol. The molecule has 0 radical (unpaired) electrons. The first kappa shape index (κ1) is 12.9. The van der Waals surface area contributed by atoms with Gasteiger partial charge in [-0.3, -0.25) is 0 Å². The van der Waals surface area contributed by atoms with Crippen molar-refractivity contribution in [2.24, 2.45) is 4.40 Å². The lowest BCUT2D eigenvalue weighted by atomic mass is 10.2. The SMILES string of the molecule is CCC/C=N/S(=O)(=O)c1ccc(C)cc1C. The topological polar surface area (TPSA) is 46.5 Å². The van der Waals surface area contributed by atoms with Gasteiger partial charge in [0, 0.05) is 6.21 Å². The zero-order valence-corrected chi connectivity index (χ0v) is 10.7. The summed E-state index contributed by atoms with van der Waals surface area (Å²) in [5.41, 5.74) is 1.79. The fraction of sp³-hybridized carbons (Fsp3) is 0.417. The van der Waals surface area contributed by atoms with E-state index in [9.17, 15) is 8.42 Å². The third-order valence-electron chi connectivity index (χ3n) is 2.24. The summed E-state index contributed by atoms with van der Waals surface area (Å²) < 4.78 is 27.3. The summed E-state index contributed by atoms with van der Waals surface area (Å²) in [5.74, 6) is 0. The number of sulfonamides is 1. The molecule has 0 bridgehead atoms. The molecule has 1 aromatic carbocycles. The summed E-state index contributed by atoms with van der Waals surface area (Å²) in [5, 5.41) is 0. The molecule has 0 aliphatic heterocycles. The Balaban J connectivity index is 3.08. The van der Waals surface area contributed by atoms with Crippen LogP contribution in [0.2, 0.25) is 0 Å². The first-order valence-corrected chi connectivity index (χ1v) is 6.77. The van der Waals surface area contributed by atoms with Crippen molar-refractivity contribution in [2.45, 2.75) is 38.5 Å². The number of aryl methyl sites for hydroxylation is 2. The molecule has 0 atom stereocenters. The van der Waals surface area contributed by atoms with Crippen LogP contribution in [0.3, 0.4) is 0 Å². The number of benzene rings is 1. The van der Waals surface area contributed by atoms with E-state index in [0.717, 1.165) is 17.5 Å².